The summed E-state index contributed by atoms with van der Waals surface area (Å²) in [5.41, 5.74) is 2.57. The molecule has 1 amide bonds. The van der Waals surface area contributed by atoms with E-state index < -0.39 is 0 Å². The highest BCUT2D eigenvalue weighted by Gasteiger charge is 2.09. The number of carbonyl (C=O) groups excluding carboxylic acids is 1. The molecule has 1 aromatic heterocycles. The van der Waals surface area contributed by atoms with Gasteiger partial charge >= 0.3 is 0 Å². The van der Waals surface area contributed by atoms with Crippen molar-refractivity contribution in [3.8, 4) is 11.8 Å². The molecule has 21 heavy (non-hydrogen) atoms. The van der Waals surface area contributed by atoms with Gasteiger partial charge in [0.2, 0.25) is 0 Å². The van der Waals surface area contributed by atoms with E-state index in [2.05, 4.69) is 27.1 Å². The number of hydrogen-bond donors (Lipinski definition) is 2. The van der Waals surface area contributed by atoms with Crippen LogP contribution in [0.4, 0.5) is 0 Å². The molecule has 106 valence electrons. The first-order chi connectivity index (χ1) is 10.2. The summed E-state index contributed by atoms with van der Waals surface area (Å²) in [5.74, 6) is 5.07. The zero-order chi connectivity index (χ0) is 15.1. The van der Waals surface area contributed by atoms with Crippen molar-refractivity contribution in [3.63, 3.8) is 0 Å². The normalized spacial score (nSPS) is 9.62. The van der Waals surface area contributed by atoms with Crippen molar-refractivity contribution in [3.05, 3.63) is 59.2 Å². The van der Waals surface area contributed by atoms with Crippen LogP contribution in [0.5, 0.6) is 0 Å². The molecule has 0 fully saturated rings. The predicted molar refractivity (Wildman–Crippen MR) is 78.3 cm³/mol. The molecule has 2 N–H and O–H groups in total. The summed E-state index contributed by atoms with van der Waals surface area (Å²) in [6, 6.07) is 7.00. The highest BCUT2D eigenvalue weighted by Crippen LogP contribution is 2.07. The van der Waals surface area contributed by atoms with Crippen molar-refractivity contribution < 1.29 is 9.90 Å². The third-order valence-corrected chi connectivity index (χ3v) is 2.74. The van der Waals surface area contributed by atoms with E-state index in [1.165, 1.54) is 0 Å². The standard InChI is InChI=1S/C16H15N3O2/c1-12-9-18-14(10-17-12)11-19-16(21)15-7-3-2-5-13(15)6-4-8-20/h2-3,5,7,9-10,20H,8,11H2,1H3,(H,19,21). The van der Waals surface area contributed by atoms with Gasteiger partial charge in [-0.25, -0.2) is 0 Å². The molecule has 0 unspecified atom stereocenters. The van der Waals surface area contributed by atoms with Gasteiger partial charge in [0, 0.05) is 11.8 Å². The molecule has 5 heteroatoms. The third-order valence-electron chi connectivity index (χ3n) is 2.74. The number of nitrogens with zero attached hydrogens (tertiary/aromatic N) is 2. The lowest BCUT2D eigenvalue weighted by Crippen LogP contribution is -2.24. The van der Waals surface area contributed by atoms with Gasteiger partial charge in [-0.1, -0.05) is 24.0 Å². The van der Waals surface area contributed by atoms with Gasteiger partial charge in [0.15, 0.2) is 0 Å². The third kappa shape index (κ3) is 4.13. The highest BCUT2D eigenvalue weighted by atomic mass is 16.2. The summed E-state index contributed by atoms with van der Waals surface area (Å²) in [6.07, 6.45) is 3.29. The van der Waals surface area contributed by atoms with Gasteiger partial charge < -0.3 is 10.4 Å². The Kier molecular flexibility index (Phi) is 5.02. The minimum Gasteiger partial charge on any atom is -0.384 e. The molecule has 0 saturated carbocycles. The van der Waals surface area contributed by atoms with Crippen molar-refractivity contribution >= 4 is 5.91 Å². The second-order valence-corrected chi connectivity index (χ2v) is 4.34. The van der Waals surface area contributed by atoms with E-state index in [0.717, 1.165) is 5.69 Å². The number of nitrogens with one attached hydrogen (secondary N) is 1. The van der Waals surface area contributed by atoms with Gasteiger partial charge in [0.25, 0.3) is 5.91 Å². The van der Waals surface area contributed by atoms with Crippen LogP contribution in [-0.4, -0.2) is 27.6 Å². The Bertz CT molecular complexity index is 685. The van der Waals surface area contributed by atoms with Gasteiger partial charge in [-0.05, 0) is 19.1 Å². The van der Waals surface area contributed by atoms with Crippen molar-refractivity contribution in [2.24, 2.45) is 0 Å². The summed E-state index contributed by atoms with van der Waals surface area (Å²) in [6.45, 7) is 1.91. The first-order valence-corrected chi connectivity index (χ1v) is 6.45. The van der Waals surface area contributed by atoms with Crippen LogP contribution in [0.15, 0.2) is 36.7 Å². The molecule has 0 bridgehead atoms. The fraction of sp³-hybridized carbons (Fsp3) is 0.188. The average molecular weight is 281 g/mol. The fourth-order valence-electron chi connectivity index (χ4n) is 1.70. The summed E-state index contributed by atoms with van der Waals surface area (Å²) in [5, 5.41) is 11.5. The van der Waals surface area contributed by atoms with E-state index >= 15 is 0 Å². The van der Waals surface area contributed by atoms with Crippen molar-refractivity contribution in [2.45, 2.75) is 13.5 Å². The second kappa shape index (κ2) is 7.17. The van der Waals surface area contributed by atoms with E-state index in [4.69, 9.17) is 5.11 Å². The Morgan fingerprint density at radius 3 is 2.81 bits per heavy atom. The van der Waals surface area contributed by atoms with E-state index in [9.17, 15) is 4.79 Å². The van der Waals surface area contributed by atoms with Gasteiger partial charge in [0.1, 0.15) is 6.61 Å². The molecule has 2 rings (SSSR count). The number of carbonyl (C=O) groups is 1. The molecule has 0 atom stereocenters. The molecule has 0 radical (unpaired) electrons. The van der Waals surface area contributed by atoms with Crippen LogP contribution in [0.2, 0.25) is 0 Å². The maximum atomic E-state index is 12.2. The molecule has 0 aliphatic rings. The summed E-state index contributed by atoms with van der Waals surface area (Å²) < 4.78 is 0. The summed E-state index contributed by atoms with van der Waals surface area (Å²) in [4.78, 5) is 20.5. The molecule has 1 heterocycles. The number of hydrogen-bond acceptors (Lipinski definition) is 4. The predicted octanol–water partition coefficient (Wildman–Crippen LogP) is 1.06. The van der Waals surface area contributed by atoms with Crippen LogP contribution >= 0.6 is 0 Å². The first-order valence-electron chi connectivity index (χ1n) is 6.45. The van der Waals surface area contributed by atoms with Crippen molar-refractivity contribution in [2.75, 3.05) is 6.61 Å². The molecular formula is C16H15N3O2. The topological polar surface area (TPSA) is 75.1 Å². The molecule has 0 saturated heterocycles. The number of rotatable bonds is 3. The Hall–Kier alpha value is -2.71. The molecule has 5 nitrogen and oxygen atoms in total. The number of aliphatic hydroxyl groups excluding tert-OH is 1. The average Bonchev–Trinajstić information content (AvgIpc) is 2.52. The monoisotopic (exact) mass is 281 g/mol. The van der Waals surface area contributed by atoms with Crippen LogP contribution in [0.1, 0.15) is 27.3 Å². The van der Waals surface area contributed by atoms with Crippen LogP contribution in [-0.2, 0) is 6.54 Å². The molecule has 2 aromatic rings. The summed E-state index contributed by atoms with van der Waals surface area (Å²) in [7, 11) is 0. The van der Waals surface area contributed by atoms with Gasteiger partial charge in [-0.15, -0.1) is 0 Å². The van der Waals surface area contributed by atoms with Gasteiger partial charge in [0.05, 0.1) is 29.7 Å². The van der Waals surface area contributed by atoms with Crippen LogP contribution in [0, 0.1) is 18.8 Å². The van der Waals surface area contributed by atoms with Gasteiger partial charge in [-0.2, -0.15) is 0 Å². The van der Waals surface area contributed by atoms with Crippen LogP contribution in [0.25, 0.3) is 0 Å². The van der Waals surface area contributed by atoms with Crippen molar-refractivity contribution in [1.29, 1.82) is 0 Å². The smallest absolute Gasteiger partial charge is 0.252 e. The molecule has 1 aromatic carbocycles. The minimum absolute atomic E-state index is 0.236. The maximum absolute atomic E-state index is 12.2. The number of amides is 1. The van der Waals surface area contributed by atoms with Gasteiger partial charge in [-0.3, -0.25) is 14.8 Å². The Balaban J connectivity index is 2.08. The van der Waals surface area contributed by atoms with E-state index in [1.54, 1.807) is 36.7 Å². The highest BCUT2D eigenvalue weighted by molar-refractivity contribution is 5.96. The molecular weight excluding hydrogens is 266 g/mol. The van der Waals surface area contributed by atoms with E-state index in [-0.39, 0.29) is 12.5 Å². The van der Waals surface area contributed by atoms with Crippen LogP contribution in [0.3, 0.4) is 0 Å². The minimum atomic E-state index is -0.241. The number of aryl methyl sites for hydroxylation is 1. The lowest BCUT2D eigenvalue weighted by Gasteiger charge is -2.06. The summed E-state index contributed by atoms with van der Waals surface area (Å²) >= 11 is 0. The lowest BCUT2D eigenvalue weighted by molar-refractivity contribution is 0.0950. The molecule has 0 aliphatic carbocycles. The van der Waals surface area contributed by atoms with Crippen molar-refractivity contribution in [1.82, 2.24) is 15.3 Å². The first kappa shape index (κ1) is 14.7. The number of benzene rings is 1. The zero-order valence-corrected chi connectivity index (χ0v) is 11.6. The zero-order valence-electron chi connectivity index (χ0n) is 11.6. The largest absolute Gasteiger partial charge is 0.384 e. The van der Waals surface area contributed by atoms with E-state index in [0.29, 0.717) is 23.4 Å². The Morgan fingerprint density at radius 2 is 2.10 bits per heavy atom. The van der Waals surface area contributed by atoms with Crippen LogP contribution < -0.4 is 5.32 Å². The number of aliphatic hydroxyl groups is 1. The maximum Gasteiger partial charge on any atom is 0.252 e. The molecule has 0 aliphatic heterocycles. The lowest BCUT2D eigenvalue weighted by atomic mass is 10.1. The molecule has 0 spiro atoms. The number of aromatic nitrogens is 2. The fourth-order valence-corrected chi connectivity index (χ4v) is 1.70. The SMILES string of the molecule is Cc1cnc(CNC(=O)c2ccccc2C#CCO)cn1. The quantitative estimate of drug-likeness (QED) is 0.825. The van der Waals surface area contributed by atoms with E-state index in [1.807, 2.05) is 6.92 Å². The second-order valence-electron chi connectivity index (χ2n) is 4.34. The Labute approximate surface area is 123 Å². The Morgan fingerprint density at radius 1 is 1.29 bits per heavy atom.